The first-order valence-electron chi connectivity index (χ1n) is 10.0. The normalized spacial score (nSPS) is 17.9. The molecule has 3 rings (SSSR count). The Hall–Kier alpha value is -2.66. The van der Waals surface area contributed by atoms with Crippen LogP contribution in [0, 0.1) is 0 Å². The topological polar surface area (TPSA) is 49.9 Å². The maximum atomic E-state index is 13.1. The third kappa shape index (κ3) is 5.24. The molecule has 1 aliphatic rings. The van der Waals surface area contributed by atoms with Crippen LogP contribution in [0.15, 0.2) is 54.6 Å². The van der Waals surface area contributed by atoms with E-state index in [9.17, 15) is 9.59 Å². The van der Waals surface area contributed by atoms with Crippen molar-refractivity contribution in [2.45, 2.75) is 38.8 Å². The van der Waals surface area contributed by atoms with Crippen LogP contribution < -0.4 is 0 Å². The molecule has 0 bridgehead atoms. The van der Waals surface area contributed by atoms with Crippen LogP contribution in [-0.2, 0) is 21.5 Å². The van der Waals surface area contributed by atoms with Crippen LogP contribution in [0.25, 0.3) is 0 Å². The lowest BCUT2D eigenvalue weighted by atomic mass is 9.86. The Labute approximate surface area is 173 Å². The monoisotopic (exact) mass is 394 g/mol. The molecule has 2 amide bonds. The van der Waals surface area contributed by atoms with E-state index < -0.39 is 0 Å². The molecular formula is C24H30N2O3. The van der Waals surface area contributed by atoms with E-state index in [1.54, 1.807) is 16.9 Å². The summed E-state index contributed by atoms with van der Waals surface area (Å²) in [5.74, 6) is -0.199. The minimum atomic E-state index is -0.219. The second-order valence-corrected chi connectivity index (χ2v) is 8.63. The van der Waals surface area contributed by atoms with E-state index in [1.807, 2.05) is 54.6 Å². The maximum Gasteiger partial charge on any atom is 0.254 e. The number of benzene rings is 2. The van der Waals surface area contributed by atoms with Crippen LogP contribution in [0.3, 0.4) is 0 Å². The van der Waals surface area contributed by atoms with Gasteiger partial charge < -0.3 is 14.5 Å². The van der Waals surface area contributed by atoms with Crippen LogP contribution in [0.1, 0.15) is 42.3 Å². The Morgan fingerprint density at radius 1 is 1.03 bits per heavy atom. The predicted molar refractivity (Wildman–Crippen MR) is 114 cm³/mol. The van der Waals surface area contributed by atoms with Gasteiger partial charge in [-0.05, 0) is 28.7 Å². The molecule has 2 aromatic carbocycles. The third-order valence-electron chi connectivity index (χ3n) is 5.36. The smallest absolute Gasteiger partial charge is 0.254 e. The van der Waals surface area contributed by atoms with Gasteiger partial charge in [0.15, 0.2) is 0 Å². The molecule has 1 aliphatic heterocycles. The van der Waals surface area contributed by atoms with Gasteiger partial charge in [-0.15, -0.1) is 0 Å². The van der Waals surface area contributed by atoms with Gasteiger partial charge in [-0.3, -0.25) is 9.59 Å². The van der Waals surface area contributed by atoms with Crippen molar-refractivity contribution in [3.8, 4) is 0 Å². The molecule has 1 unspecified atom stereocenters. The molecule has 0 saturated carbocycles. The molecule has 0 spiro atoms. The quantitative estimate of drug-likeness (QED) is 0.798. The number of carbonyl (C=O) groups excluding carboxylic acids is 2. The highest BCUT2D eigenvalue weighted by Gasteiger charge is 2.31. The van der Waals surface area contributed by atoms with Crippen molar-refractivity contribution in [3.05, 3.63) is 71.3 Å². The summed E-state index contributed by atoms with van der Waals surface area (Å²) in [7, 11) is 1.63. The molecule has 2 aromatic rings. The predicted octanol–water partition coefficient (Wildman–Crippen LogP) is 3.48. The average molecular weight is 395 g/mol. The molecule has 1 saturated heterocycles. The van der Waals surface area contributed by atoms with Crippen molar-refractivity contribution >= 4 is 11.8 Å². The van der Waals surface area contributed by atoms with Crippen molar-refractivity contribution in [2.75, 3.05) is 26.7 Å². The van der Waals surface area contributed by atoms with Gasteiger partial charge >= 0.3 is 0 Å². The number of nitrogens with zero attached hydrogens (tertiary/aromatic N) is 2. The SMILES string of the molecule is COC1CN(Cc2ccccc2)C(=O)CN(C(=O)c2ccc(C(C)(C)C)cc2)C1. The molecule has 1 fully saturated rings. The van der Waals surface area contributed by atoms with Gasteiger partial charge in [0.25, 0.3) is 5.91 Å². The van der Waals surface area contributed by atoms with E-state index >= 15 is 0 Å². The van der Waals surface area contributed by atoms with Crippen molar-refractivity contribution in [1.29, 1.82) is 0 Å². The van der Waals surface area contributed by atoms with Crippen molar-refractivity contribution in [2.24, 2.45) is 0 Å². The lowest BCUT2D eigenvalue weighted by molar-refractivity contribution is -0.132. The zero-order chi connectivity index (χ0) is 21.0. The third-order valence-corrected chi connectivity index (χ3v) is 5.36. The van der Waals surface area contributed by atoms with Crippen LogP contribution >= 0.6 is 0 Å². The lowest BCUT2D eigenvalue weighted by Gasteiger charge is -2.23. The van der Waals surface area contributed by atoms with Gasteiger partial charge in [0.05, 0.1) is 6.10 Å². The molecule has 0 radical (unpaired) electrons. The number of rotatable bonds is 4. The molecule has 29 heavy (non-hydrogen) atoms. The Morgan fingerprint density at radius 2 is 1.69 bits per heavy atom. The zero-order valence-corrected chi connectivity index (χ0v) is 17.7. The highest BCUT2D eigenvalue weighted by molar-refractivity contribution is 5.96. The first-order chi connectivity index (χ1) is 13.8. The van der Waals surface area contributed by atoms with Crippen molar-refractivity contribution < 1.29 is 14.3 Å². The fourth-order valence-corrected chi connectivity index (χ4v) is 3.53. The van der Waals surface area contributed by atoms with Crippen LogP contribution in [0.4, 0.5) is 0 Å². The fourth-order valence-electron chi connectivity index (χ4n) is 3.53. The zero-order valence-electron chi connectivity index (χ0n) is 17.7. The average Bonchev–Trinajstić information content (AvgIpc) is 2.86. The number of amides is 2. The minimum absolute atomic E-state index is 0.0270. The molecule has 5 heteroatoms. The molecular weight excluding hydrogens is 364 g/mol. The first kappa shape index (κ1) is 21.1. The van der Waals surface area contributed by atoms with E-state index in [0.29, 0.717) is 25.2 Å². The Kier molecular flexibility index (Phi) is 6.38. The highest BCUT2D eigenvalue weighted by Crippen LogP contribution is 2.23. The second kappa shape index (κ2) is 8.78. The van der Waals surface area contributed by atoms with Crippen LogP contribution in [0.2, 0.25) is 0 Å². The van der Waals surface area contributed by atoms with E-state index in [4.69, 9.17) is 4.74 Å². The van der Waals surface area contributed by atoms with Gasteiger partial charge in [0, 0.05) is 32.3 Å². The van der Waals surface area contributed by atoms with Gasteiger partial charge in [-0.2, -0.15) is 0 Å². The Morgan fingerprint density at radius 3 is 2.28 bits per heavy atom. The molecule has 5 nitrogen and oxygen atoms in total. The largest absolute Gasteiger partial charge is 0.378 e. The van der Waals surface area contributed by atoms with E-state index in [2.05, 4.69) is 20.8 Å². The maximum absolute atomic E-state index is 13.1. The highest BCUT2D eigenvalue weighted by atomic mass is 16.5. The second-order valence-electron chi connectivity index (χ2n) is 8.63. The molecule has 0 N–H and O–H groups in total. The minimum Gasteiger partial charge on any atom is -0.378 e. The number of ether oxygens (including phenoxy) is 1. The fraction of sp³-hybridized carbons (Fsp3) is 0.417. The van der Waals surface area contributed by atoms with Gasteiger partial charge in [-0.25, -0.2) is 0 Å². The molecule has 0 aromatic heterocycles. The molecule has 1 atom stereocenters. The summed E-state index contributed by atoms with van der Waals surface area (Å²) in [5.41, 5.74) is 2.86. The van der Waals surface area contributed by atoms with Gasteiger partial charge in [0.2, 0.25) is 5.91 Å². The van der Waals surface area contributed by atoms with Crippen molar-refractivity contribution in [1.82, 2.24) is 9.80 Å². The van der Waals surface area contributed by atoms with Gasteiger partial charge in [0.1, 0.15) is 6.54 Å². The number of hydrogen-bond acceptors (Lipinski definition) is 3. The van der Waals surface area contributed by atoms with Crippen molar-refractivity contribution in [3.63, 3.8) is 0 Å². The summed E-state index contributed by atoms with van der Waals surface area (Å²) in [6.45, 7) is 7.87. The van der Waals surface area contributed by atoms with E-state index in [-0.39, 0.29) is 29.9 Å². The Bertz CT molecular complexity index is 841. The van der Waals surface area contributed by atoms with Crippen LogP contribution in [0.5, 0.6) is 0 Å². The summed E-state index contributed by atoms with van der Waals surface area (Å²) in [6.07, 6.45) is -0.219. The Balaban J connectivity index is 1.76. The lowest BCUT2D eigenvalue weighted by Crippen LogP contribution is -2.39. The molecule has 1 heterocycles. The standard InChI is InChI=1S/C24H30N2O3/c1-24(2,3)20-12-10-19(11-13-20)23(28)26-16-21(29-4)15-25(22(27)17-26)14-18-8-6-5-7-9-18/h5-13,21H,14-17H2,1-4H3. The number of hydrogen-bond donors (Lipinski definition) is 0. The molecule has 154 valence electrons. The van der Waals surface area contributed by atoms with E-state index in [0.717, 1.165) is 5.56 Å². The summed E-state index contributed by atoms with van der Waals surface area (Å²) >= 11 is 0. The summed E-state index contributed by atoms with van der Waals surface area (Å²) in [4.78, 5) is 29.4. The molecule has 0 aliphatic carbocycles. The number of carbonyl (C=O) groups is 2. The number of methoxy groups -OCH3 is 1. The first-order valence-corrected chi connectivity index (χ1v) is 10.0. The van der Waals surface area contributed by atoms with Gasteiger partial charge in [-0.1, -0.05) is 63.2 Å². The van der Waals surface area contributed by atoms with E-state index in [1.165, 1.54) is 5.56 Å². The van der Waals surface area contributed by atoms with Crippen LogP contribution in [-0.4, -0.2) is 54.5 Å². The summed E-state index contributed by atoms with van der Waals surface area (Å²) in [6, 6.07) is 17.6. The summed E-state index contributed by atoms with van der Waals surface area (Å²) < 4.78 is 5.58. The summed E-state index contributed by atoms with van der Waals surface area (Å²) in [5, 5.41) is 0.